The molecule has 1 aliphatic heterocycles. The fourth-order valence-corrected chi connectivity index (χ4v) is 4.50. The molecule has 0 saturated heterocycles. The van der Waals surface area contributed by atoms with E-state index in [-0.39, 0.29) is 23.7 Å². The normalized spacial score (nSPS) is 20.8. The van der Waals surface area contributed by atoms with Gasteiger partial charge in [0.2, 0.25) is 11.8 Å². The Morgan fingerprint density at radius 2 is 1.69 bits per heavy atom. The zero-order valence-corrected chi connectivity index (χ0v) is 16.7. The van der Waals surface area contributed by atoms with E-state index in [1.807, 2.05) is 53.4 Å². The molecule has 5 nitrogen and oxygen atoms in total. The second-order valence-electron chi connectivity index (χ2n) is 7.82. The lowest BCUT2D eigenvalue weighted by molar-refractivity contribution is -0.135. The first-order valence-corrected chi connectivity index (χ1v) is 10.6. The SMILES string of the molecule is O=C(NCCOc1ccccc1)C1CCCCC1C(=O)N1CCc2ccccc21. The number of nitrogens with one attached hydrogen (secondary N) is 1. The molecule has 1 aliphatic carbocycles. The molecule has 1 N–H and O–H groups in total. The first kappa shape index (κ1) is 19.5. The number of hydrogen-bond acceptors (Lipinski definition) is 3. The fourth-order valence-electron chi connectivity index (χ4n) is 4.50. The molecule has 2 aliphatic rings. The highest BCUT2D eigenvalue weighted by Gasteiger charge is 2.39. The summed E-state index contributed by atoms with van der Waals surface area (Å²) in [5, 5.41) is 2.98. The third-order valence-electron chi connectivity index (χ3n) is 5.99. The quantitative estimate of drug-likeness (QED) is 0.765. The zero-order valence-electron chi connectivity index (χ0n) is 16.7. The van der Waals surface area contributed by atoms with E-state index in [1.54, 1.807) is 0 Å². The molecule has 5 heteroatoms. The number of hydrogen-bond donors (Lipinski definition) is 1. The lowest BCUT2D eigenvalue weighted by Crippen LogP contribution is -2.45. The molecule has 2 amide bonds. The average molecular weight is 392 g/mol. The highest BCUT2D eigenvalue weighted by atomic mass is 16.5. The van der Waals surface area contributed by atoms with Gasteiger partial charge in [-0.2, -0.15) is 0 Å². The minimum absolute atomic E-state index is 0.0211. The summed E-state index contributed by atoms with van der Waals surface area (Å²) in [7, 11) is 0. The molecule has 1 heterocycles. The van der Waals surface area contributed by atoms with Crippen LogP contribution in [0.4, 0.5) is 5.69 Å². The molecule has 0 aromatic heterocycles. The van der Waals surface area contributed by atoms with Crippen LogP contribution in [0.25, 0.3) is 0 Å². The highest BCUT2D eigenvalue weighted by molar-refractivity contribution is 5.99. The average Bonchev–Trinajstić information content (AvgIpc) is 3.21. The summed E-state index contributed by atoms with van der Waals surface area (Å²) in [5.41, 5.74) is 2.23. The van der Waals surface area contributed by atoms with Gasteiger partial charge in [-0.25, -0.2) is 0 Å². The van der Waals surface area contributed by atoms with Gasteiger partial charge in [0, 0.05) is 18.2 Å². The summed E-state index contributed by atoms with van der Waals surface area (Å²) >= 11 is 0. The van der Waals surface area contributed by atoms with Crippen LogP contribution >= 0.6 is 0 Å². The van der Waals surface area contributed by atoms with E-state index in [0.717, 1.165) is 43.5 Å². The van der Waals surface area contributed by atoms with Crippen molar-refractivity contribution in [3.8, 4) is 5.75 Å². The Kier molecular flexibility index (Phi) is 6.13. The summed E-state index contributed by atoms with van der Waals surface area (Å²) in [6, 6.07) is 17.7. The molecule has 4 rings (SSSR count). The highest BCUT2D eigenvalue weighted by Crippen LogP contribution is 2.35. The van der Waals surface area contributed by atoms with Crippen molar-refractivity contribution >= 4 is 17.5 Å². The van der Waals surface area contributed by atoms with Crippen molar-refractivity contribution in [3.63, 3.8) is 0 Å². The van der Waals surface area contributed by atoms with E-state index >= 15 is 0 Å². The van der Waals surface area contributed by atoms with E-state index in [2.05, 4.69) is 11.4 Å². The Morgan fingerprint density at radius 1 is 0.966 bits per heavy atom. The number of nitrogens with zero attached hydrogens (tertiary/aromatic N) is 1. The first-order valence-electron chi connectivity index (χ1n) is 10.6. The van der Waals surface area contributed by atoms with E-state index in [0.29, 0.717) is 19.7 Å². The van der Waals surface area contributed by atoms with Gasteiger partial charge in [-0.3, -0.25) is 9.59 Å². The molecule has 152 valence electrons. The molecule has 0 radical (unpaired) electrons. The molecule has 2 aromatic rings. The summed E-state index contributed by atoms with van der Waals surface area (Å²) in [6.07, 6.45) is 4.46. The maximum absolute atomic E-state index is 13.3. The molecule has 0 bridgehead atoms. The lowest BCUT2D eigenvalue weighted by atomic mass is 9.77. The maximum Gasteiger partial charge on any atom is 0.230 e. The third kappa shape index (κ3) is 4.44. The predicted octanol–water partition coefficient (Wildman–Crippen LogP) is 3.58. The number of carbonyl (C=O) groups is 2. The van der Waals surface area contributed by atoms with Gasteiger partial charge < -0.3 is 15.0 Å². The first-order chi connectivity index (χ1) is 14.2. The molecule has 2 aromatic carbocycles. The summed E-state index contributed by atoms with van der Waals surface area (Å²) in [4.78, 5) is 28.1. The monoisotopic (exact) mass is 392 g/mol. The van der Waals surface area contributed by atoms with Crippen LogP contribution in [-0.4, -0.2) is 31.5 Å². The van der Waals surface area contributed by atoms with E-state index in [1.165, 1.54) is 5.56 Å². The van der Waals surface area contributed by atoms with Crippen LogP contribution in [0.5, 0.6) is 5.75 Å². The Labute approximate surface area is 172 Å². The number of anilines is 1. The smallest absolute Gasteiger partial charge is 0.230 e. The molecule has 29 heavy (non-hydrogen) atoms. The van der Waals surface area contributed by atoms with Gasteiger partial charge in [0.05, 0.1) is 12.5 Å². The Bertz CT molecular complexity index is 852. The number of amides is 2. The Morgan fingerprint density at radius 3 is 2.52 bits per heavy atom. The second-order valence-corrected chi connectivity index (χ2v) is 7.82. The van der Waals surface area contributed by atoms with Gasteiger partial charge in [-0.1, -0.05) is 49.2 Å². The predicted molar refractivity (Wildman–Crippen MR) is 113 cm³/mol. The maximum atomic E-state index is 13.3. The van der Waals surface area contributed by atoms with Crippen molar-refractivity contribution in [1.29, 1.82) is 0 Å². The van der Waals surface area contributed by atoms with Gasteiger partial charge in [0.25, 0.3) is 0 Å². The molecule has 1 saturated carbocycles. The van der Waals surface area contributed by atoms with Gasteiger partial charge in [-0.05, 0) is 43.0 Å². The van der Waals surface area contributed by atoms with Crippen LogP contribution in [0, 0.1) is 11.8 Å². The summed E-state index contributed by atoms with van der Waals surface area (Å²) in [5.74, 6) is 0.397. The number of ether oxygens (including phenoxy) is 1. The van der Waals surface area contributed by atoms with Crippen LogP contribution in [0.15, 0.2) is 54.6 Å². The van der Waals surface area contributed by atoms with E-state index < -0.39 is 0 Å². The lowest BCUT2D eigenvalue weighted by Gasteiger charge is -2.32. The summed E-state index contributed by atoms with van der Waals surface area (Å²) < 4.78 is 5.65. The van der Waals surface area contributed by atoms with Crippen molar-refractivity contribution < 1.29 is 14.3 Å². The third-order valence-corrected chi connectivity index (χ3v) is 5.99. The van der Waals surface area contributed by atoms with Crippen molar-refractivity contribution in [1.82, 2.24) is 5.32 Å². The van der Waals surface area contributed by atoms with Crippen LogP contribution in [0.3, 0.4) is 0 Å². The molecular weight excluding hydrogens is 364 g/mol. The number of benzene rings is 2. The fraction of sp³-hybridized carbons (Fsp3) is 0.417. The molecular formula is C24H28N2O3. The van der Waals surface area contributed by atoms with Gasteiger partial charge in [-0.15, -0.1) is 0 Å². The van der Waals surface area contributed by atoms with Crippen molar-refractivity contribution in [3.05, 3.63) is 60.2 Å². The Balaban J connectivity index is 1.34. The van der Waals surface area contributed by atoms with Gasteiger partial charge >= 0.3 is 0 Å². The van der Waals surface area contributed by atoms with Crippen LogP contribution < -0.4 is 15.0 Å². The van der Waals surface area contributed by atoms with Crippen LogP contribution in [0.2, 0.25) is 0 Å². The molecule has 2 atom stereocenters. The number of carbonyl (C=O) groups excluding carboxylic acids is 2. The number of rotatable bonds is 6. The second kappa shape index (κ2) is 9.12. The largest absolute Gasteiger partial charge is 0.492 e. The van der Waals surface area contributed by atoms with Crippen LogP contribution in [0.1, 0.15) is 31.2 Å². The zero-order chi connectivity index (χ0) is 20.1. The van der Waals surface area contributed by atoms with Crippen molar-refractivity contribution in [2.24, 2.45) is 11.8 Å². The molecule has 0 spiro atoms. The molecule has 2 unspecified atom stereocenters. The van der Waals surface area contributed by atoms with Crippen molar-refractivity contribution in [2.75, 3.05) is 24.6 Å². The topological polar surface area (TPSA) is 58.6 Å². The van der Waals surface area contributed by atoms with Gasteiger partial charge in [0.15, 0.2) is 0 Å². The number of para-hydroxylation sites is 2. The van der Waals surface area contributed by atoms with Gasteiger partial charge in [0.1, 0.15) is 12.4 Å². The Hall–Kier alpha value is -2.82. The molecule has 1 fully saturated rings. The minimum atomic E-state index is -0.249. The summed E-state index contributed by atoms with van der Waals surface area (Å²) in [6.45, 7) is 1.58. The standard InChI is InChI=1S/C24H28N2O3/c27-23(25-15-17-29-19-9-2-1-3-10-19)20-11-5-6-12-21(20)24(28)26-16-14-18-8-4-7-13-22(18)26/h1-4,7-10,13,20-21H,5-6,11-12,14-17H2,(H,25,27). The van der Waals surface area contributed by atoms with Crippen molar-refractivity contribution in [2.45, 2.75) is 32.1 Å². The van der Waals surface area contributed by atoms with E-state index in [9.17, 15) is 9.59 Å². The van der Waals surface area contributed by atoms with Crippen LogP contribution in [-0.2, 0) is 16.0 Å². The minimum Gasteiger partial charge on any atom is -0.492 e. The van der Waals surface area contributed by atoms with E-state index in [4.69, 9.17) is 4.74 Å². The number of fused-ring (bicyclic) bond motifs is 1.